The number of carbonyl (C=O) groups is 1. The monoisotopic (exact) mass is 303 g/mol. The van der Waals surface area contributed by atoms with Crippen molar-refractivity contribution >= 4 is 5.91 Å². The van der Waals surface area contributed by atoms with Crippen LogP contribution in [0.25, 0.3) is 0 Å². The average Bonchev–Trinajstić information content (AvgIpc) is 3.02. The Kier molecular flexibility index (Phi) is 4.39. The topological polar surface area (TPSA) is 60.8 Å². The number of benzene rings is 1. The molecule has 0 heterocycles. The lowest BCUT2D eigenvalue weighted by molar-refractivity contribution is -0.131. The highest BCUT2D eigenvalue weighted by atomic mass is 16.3. The van der Waals surface area contributed by atoms with E-state index < -0.39 is 0 Å². The van der Waals surface area contributed by atoms with E-state index in [4.69, 9.17) is 0 Å². The fourth-order valence-corrected chi connectivity index (χ4v) is 4.16. The molecule has 1 aromatic rings. The summed E-state index contributed by atoms with van der Waals surface area (Å²) in [6, 6.07) is 7.39. The van der Waals surface area contributed by atoms with E-state index in [1.807, 2.05) is 24.1 Å². The van der Waals surface area contributed by atoms with E-state index in [1.54, 1.807) is 12.1 Å². The Hall–Kier alpha value is -1.55. The van der Waals surface area contributed by atoms with Crippen LogP contribution in [0.4, 0.5) is 0 Å². The zero-order valence-corrected chi connectivity index (χ0v) is 13.1. The molecule has 2 aliphatic carbocycles. The van der Waals surface area contributed by atoms with Gasteiger partial charge in [-0.1, -0.05) is 12.1 Å². The highest BCUT2D eigenvalue weighted by Gasteiger charge is 2.42. The Morgan fingerprint density at radius 3 is 2.32 bits per heavy atom. The minimum absolute atomic E-state index is 0.119. The molecule has 4 atom stereocenters. The lowest BCUT2D eigenvalue weighted by Gasteiger charge is -2.25. The van der Waals surface area contributed by atoms with E-state index >= 15 is 0 Å². The summed E-state index contributed by atoms with van der Waals surface area (Å²) in [5.74, 6) is 1.66. The van der Waals surface area contributed by atoms with Crippen molar-refractivity contribution in [3.63, 3.8) is 0 Å². The molecule has 120 valence electrons. The molecule has 1 aromatic carbocycles. The molecule has 2 fully saturated rings. The maximum Gasteiger partial charge on any atom is 0.222 e. The van der Waals surface area contributed by atoms with Crippen LogP contribution in [0.15, 0.2) is 24.3 Å². The zero-order chi connectivity index (χ0) is 15.7. The first-order valence-electron chi connectivity index (χ1n) is 8.24. The molecule has 0 aliphatic heterocycles. The van der Waals surface area contributed by atoms with Crippen LogP contribution in [0.2, 0.25) is 0 Å². The summed E-state index contributed by atoms with van der Waals surface area (Å²) in [7, 11) is 1.92. The summed E-state index contributed by atoms with van der Waals surface area (Å²) >= 11 is 0. The lowest BCUT2D eigenvalue weighted by atomic mass is 10.0. The van der Waals surface area contributed by atoms with Crippen molar-refractivity contribution < 1.29 is 15.0 Å². The molecule has 3 rings (SSSR count). The molecule has 0 bridgehead atoms. The third kappa shape index (κ3) is 3.27. The van der Waals surface area contributed by atoms with Gasteiger partial charge < -0.3 is 15.1 Å². The zero-order valence-electron chi connectivity index (χ0n) is 13.1. The van der Waals surface area contributed by atoms with Crippen molar-refractivity contribution in [1.29, 1.82) is 0 Å². The quantitative estimate of drug-likeness (QED) is 0.897. The summed E-state index contributed by atoms with van der Waals surface area (Å²) < 4.78 is 0. The molecular formula is C18H25NO3. The molecule has 0 aromatic heterocycles. The number of aliphatic hydroxyl groups is 1. The Bertz CT molecular complexity index is 514. The molecule has 1 amide bonds. The molecule has 4 heteroatoms. The van der Waals surface area contributed by atoms with Gasteiger partial charge in [0.05, 0.1) is 6.10 Å². The van der Waals surface area contributed by atoms with E-state index in [2.05, 4.69) is 0 Å². The number of aryl methyl sites for hydroxylation is 1. The van der Waals surface area contributed by atoms with Crippen molar-refractivity contribution in [2.45, 2.75) is 50.7 Å². The second kappa shape index (κ2) is 6.29. The number of nitrogens with zero attached hydrogens (tertiary/aromatic N) is 1. The third-order valence-corrected chi connectivity index (χ3v) is 5.47. The van der Waals surface area contributed by atoms with Gasteiger partial charge in [-0.2, -0.15) is 0 Å². The van der Waals surface area contributed by atoms with E-state index in [0.717, 1.165) is 31.2 Å². The predicted molar refractivity (Wildman–Crippen MR) is 84.4 cm³/mol. The highest BCUT2D eigenvalue weighted by molar-refractivity contribution is 5.76. The standard InChI is InChI=1S/C18H25NO3/c1-19(15-8-13-10-17(21)11-14(13)9-15)18(22)7-4-12-2-5-16(20)6-3-12/h2-3,5-6,13-15,17,20-21H,4,7-11H2,1H3/t13-,14+,15?,17?. The number of amides is 1. The van der Waals surface area contributed by atoms with Crippen LogP contribution < -0.4 is 0 Å². The van der Waals surface area contributed by atoms with Gasteiger partial charge in [-0.3, -0.25) is 4.79 Å². The fourth-order valence-electron chi connectivity index (χ4n) is 4.16. The number of hydrogen-bond donors (Lipinski definition) is 2. The summed E-state index contributed by atoms with van der Waals surface area (Å²) in [5, 5.41) is 19.0. The van der Waals surface area contributed by atoms with E-state index in [9.17, 15) is 15.0 Å². The van der Waals surface area contributed by atoms with Gasteiger partial charge in [-0.15, -0.1) is 0 Å². The van der Waals surface area contributed by atoms with Gasteiger partial charge in [0.1, 0.15) is 5.75 Å². The number of hydrogen-bond acceptors (Lipinski definition) is 3. The maximum absolute atomic E-state index is 12.4. The number of carbonyl (C=O) groups excluding carboxylic acids is 1. The van der Waals surface area contributed by atoms with Gasteiger partial charge in [-0.05, 0) is 61.6 Å². The third-order valence-electron chi connectivity index (χ3n) is 5.47. The van der Waals surface area contributed by atoms with Crippen molar-refractivity contribution in [3.05, 3.63) is 29.8 Å². The Morgan fingerprint density at radius 1 is 1.14 bits per heavy atom. The van der Waals surface area contributed by atoms with Crippen molar-refractivity contribution in [3.8, 4) is 5.75 Å². The van der Waals surface area contributed by atoms with Crippen LogP contribution in [0, 0.1) is 11.8 Å². The number of aromatic hydroxyl groups is 1. The van der Waals surface area contributed by atoms with Crippen LogP contribution in [0.1, 0.15) is 37.7 Å². The summed E-state index contributed by atoms with van der Waals surface area (Å²) in [6.07, 6.45) is 5.02. The minimum atomic E-state index is -0.119. The van der Waals surface area contributed by atoms with Crippen LogP contribution >= 0.6 is 0 Å². The van der Waals surface area contributed by atoms with Gasteiger partial charge in [0.15, 0.2) is 0 Å². The number of phenolic OH excluding ortho intramolecular Hbond substituents is 1. The Morgan fingerprint density at radius 2 is 1.73 bits per heavy atom. The molecule has 2 aliphatic rings. The predicted octanol–water partition coefficient (Wildman–Crippen LogP) is 2.33. The first kappa shape index (κ1) is 15.3. The first-order valence-corrected chi connectivity index (χ1v) is 8.24. The van der Waals surface area contributed by atoms with E-state index in [1.165, 1.54) is 0 Å². The fraction of sp³-hybridized carbons (Fsp3) is 0.611. The van der Waals surface area contributed by atoms with Gasteiger partial charge in [0, 0.05) is 19.5 Å². The maximum atomic E-state index is 12.4. The van der Waals surface area contributed by atoms with Gasteiger partial charge in [0.2, 0.25) is 5.91 Å². The smallest absolute Gasteiger partial charge is 0.222 e. The van der Waals surface area contributed by atoms with E-state index in [0.29, 0.717) is 30.7 Å². The summed E-state index contributed by atoms with van der Waals surface area (Å²) in [6.45, 7) is 0. The van der Waals surface area contributed by atoms with Crippen LogP contribution in [0.5, 0.6) is 5.75 Å². The van der Waals surface area contributed by atoms with Gasteiger partial charge in [0.25, 0.3) is 0 Å². The second-order valence-electron chi connectivity index (χ2n) is 6.94. The molecular weight excluding hydrogens is 278 g/mol. The van der Waals surface area contributed by atoms with Gasteiger partial charge >= 0.3 is 0 Å². The number of aliphatic hydroxyl groups excluding tert-OH is 1. The SMILES string of the molecule is CN(C(=O)CCc1ccc(O)cc1)C1C[C@H]2CC(O)C[C@H]2C1. The molecule has 0 spiro atoms. The number of phenols is 1. The molecule has 2 N–H and O–H groups in total. The minimum Gasteiger partial charge on any atom is -0.508 e. The molecule has 22 heavy (non-hydrogen) atoms. The molecule has 4 nitrogen and oxygen atoms in total. The van der Waals surface area contributed by atoms with Crippen LogP contribution in [-0.2, 0) is 11.2 Å². The second-order valence-corrected chi connectivity index (χ2v) is 6.94. The average molecular weight is 303 g/mol. The molecule has 2 saturated carbocycles. The summed E-state index contributed by atoms with van der Waals surface area (Å²) in [5.41, 5.74) is 1.07. The summed E-state index contributed by atoms with van der Waals surface area (Å²) in [4.78, 5) is 14.3. The van der Waals surface area contributed by atoms with E-state index in [-0.39, 0.29) is 17.8 Å². The van der Waals surface area contributed by atoms with Crippen molar-refractivity contribution in [2.75, 3.05) is 7.05 Å². The van der Waals surface area contributed by atoms with Gasteiger partial charge in [-0.25, -0.2) is 0 Å². The number of fused-ring (bicyclic) bond motifs is 1. The van der Waals surface area contributed by atoms with Crippen LogP contribution in [-0.4, -0.2) is 40.2 Å². The van der Waals surface area contributed by atoms with Crippen molar-refractivity contribution in [1.82, 2.24) is 4.90 Å². The molecule has 0 saturated heterocycles. The normalized spacial score (nSPS) is 30.3. The Balaban J connectivity index is 1.49. The molecule has 2 unspecified atom stereocenters. The number of rotatable bonds is 4. The van der Waals surface area contributed by atoms with Crippen molar-refractivity contribution in [2.24, 2.45) is 11.8 Å². The molecule has 0 radical (unpaired) electrons. The highest BCUT2D eigenvalue weighted by Crippen LogP contribution is 2.45. The largest absolute Gasteiger partial charge is 0.508 e. The van der Waals surface area contributed by atoms with Crippen LogP contribution in [0.3, 0.4) is 0 Å². The first-order chi connectivity index (χ1) is 10.5. The lowest BCUT2D eigenvalue weighted by Crippen LogP contribution is -2.36. The Labute approximate surface area is 131 Å².